The number of aryl methyl sites for hydroxylation is 1. The summed E-state index contributed by atoms with van der Waals surface area (Å²) in [6, 6.07) is 16.3. The lowest BCUT2D eigenvalue weighted by molar-refractivity contribution is -0.134. The molecule has 2 aromatic carbocycles. The summed E-state index contributed by atoms with van der Waals surface area (Å²) in [5, 5.41) is 11.8. The Balaban J connectivity index is 1.82. The lowest BCUT2D eigenvalue weighted by atomic mass is 9.84. The van der Waals surface area contributed by atoms with E-state index < -0.39 is 29.9 Å². The number of carbonyl (C=O) groups excluding carboxylic acids is 3. The van der Waals surface area contributed by atoms with Crippen molar-refractivity contribution in [3.05, 3.63) is 65.2 Å². The number of hydrogen-bond acceptors (Lipinski definition) is 4. The molecule has 1 aliphatic heterocycles. The smallest absolute Gasteiger partial charge is 0.319 e. The molecule has 3 rings (SSSR count). The zero-order valence-electron chi connectivity index (χ0n) is 19.8. The zero-order chi connectivity index (χ0) is 24.4. The Kier molecular flexibility index (Phi) is 6.59. The average Bonchev–Trinajstić information content (AvgIpc) is 2.98. The Morgan fingerprint density at radius 3 is 2.24 bits per heavy atom. The Morgan fingerprint density at radius 2 is 1.70 bits per heavy atom. The second-order valence-electron chi connectivity index (χ2n) is 9.56. The number of anilines is 1. The van der Waals surface area contributed by atoms with E-state index in [4.69, 9.17) is 5.26 Å². The van der Waals surface area contributed by atoms with Gasteiger partial charge in [-0.3, -0.25) is 14.5 Å². The van der Waals surface area contributed by atoms with E-state index in [0.717, 1.165) is 16.0 Å². The fourth-order valence-electron chi connectivity index (χ4n) is 3.84. The van der Waals surface area contributed by atoms with Gasteiger partial charge in [0.15, 0.2) is 0 Å². The van der Waals surface area contributed by atoms with Gasteiger partial charge in [0, 0.05) is 12.2 Å². The summed E-state index contributed by atoms with van der Waals surface area (Å²) in [5.41, 5.74) is 2.13. The number of carbonyl (C=O) groups is 3. The van der Waals surface area contributed by atoms with Crippen molar-refractivity contribution >= 4 is 23.5 Å². The molecule has 1 atom stereocenters. The van der Waals surface area contributed by atoms with E-state index in [-0.39, 0.29) is 18.4 Å². The minimum atomic E-state index is -1.25. The standard InChI is InChI=1S/C26H30N4O3/c1-18-7-13-21(14-8-18)29(16-6-15-27)22(31)17-30-23(32)26(5,28-24(30)33)20-11-9-19(10-12-20)25(2,3)4/h7-14H,6,16-17H2,1-5H3,(H,28,33). The molecule has 1 unspecified atom stereocenters. The number of amides is 4. The van der Waals surface area contributed by atoms with Crippen molar-refractivity contribution in [2.24, 2.45) is 0 Å². The topological polar surface area (TPSA) is 93.5 Å². The zero-order valence-corrected chi connectivity index (χ0v) is 19.8. The fourth-order valence-corrected chi connectivity index (χ4v) is 3.84. The molecule has 2 aromatic rings. The first-order chi connectivity index (χ1) is 15.5. The van der Waals surface area contributed by atoms with E-state index >= 15 is 0 Å². The van der Waals surface area contributed by atoms with Gasteiger partial charge >= 0.3 is 6.03 Å². The van der Waals surface area contributed by atoms with E-state index in [1.54, 1.807) is 19.1 Å². The number of rotatable bonds is 6. The van der Waals surface area contributed by atoms with E-state index in [1.165, 1.54) is 4.90 Å². The van der Waals surface area contributed by atoms with E-state index in [0.29, 0.717) is 11.3 Å². The molecule has 1 N–H and O–H groups in total. The number of nitrogens with one attached hydrogen (secondary N) is 1. The minimum Gasteiger partial charge on any atom is -0.319 e. The van der Waals surface area contributed by atoms with Gasteiger partial charge in [0.2, 0.25) is 5.91 Å². The first kappa shape index (κ1) is 24.0. The maximum atomic E-state index is 13.3. The van der Waals surface area contributed by atoms with Crippen molar-refractivity contribution in [1.82, 2.24) is 10.2 Å². The lowest BCUT2D eigenvalue weighted by Gasteiger charge is -2.26. The molecule has 7 nitrogen and oxygen atoms in total. The van der Waals surface area contributed by atoms with Crippen LogP contribution in [0.15, 0.2) is 48.5 Å². The molecule has 1 saturated heterocycles. The maximum absolute atomic E-state index is 13.3. The molecule has 7 heteroatoms. The number of hydrogen-bond donors (Lipinski definition) is 1. The lowest BCUT2D eigenvalue weighted by Crippen LogP contribution is -2.45. The van der Waals surface area contributed by atoms with Gasteiger partial charge in [0.05, 0.1) is 12.5 Å². The van der Waals surface area contributed by atoms with E-state index in [9.17, 15) is 14.4 Å². The molecule has 33 heavy (non-hydrogen) atoms. The molecule has 1 fully saturated rings. The highest BCUT2D eigenvalue weighted by Crippen LogP contribution is 2.31. The van der Waals surface area contributed by atoms with Crippen LogP contribution in [0.3, 0.4) is 0 Å². The number of urea groups is 1. The van der Waals surface area contributed by atoms with Crippen molar-refractivity contribution in [1.29, 1.82) is 5.26 Å². The SMILES string of the molecule is Cc1ccc(N(CCC#N)C(=O)CN2C(=O)NC(C)(c3ccc(C(C)(C)C)cc3)C2=O)cc1. The van der Waals surface area contributed by atoms with Crippen molar-refractivity contribution < 1.29 is 14.4 Å². The summed E-state index contributed by atoms with van der Waals surface area (Å²) >= 11 is 0. The quantitative estimate of drug-likeness (QED) is 0.679. The van der Waals surface area contributed by atoms with Crippen LogP contribution in [0.2, 0.25) is 0 Å². The number of nitrogens with zero attached hydrogens (tertiary/aromatic N) is 3. The molecular weight excluding hydrogens is 416 g/mol. The highest BCUT2D eigenvalue weighted by atomic mass is 16.2. The van der Waals surface area contributed by atoms with Gasteiger partial charge in [-0.25, -0.2) is 4.79 Å². The van der Waals surface area contributed by atoms with Crippen LogP contribution in [-0.2, 0) is 20.5 Å². The number of benzene rings is 2. The Hall–Kier alpha value is -3.66. The van der Waals surface area contributed by atoms with Crippen LogP contribution >= 0.6 is 0 Å². The van der Waals surface area contributed by atoms with Gasteiger partial charge in [-0.2, -0.15) is 5.26 Å². The molecular formula is C26H30N4O3. The fraction of sp³-hybridized carbons (Fsp3) is 0.385. The van der Waals surface area contributed by atoms with Crippen LogP contribution in [0, 0.1) is 18.3 Å². The third kappa shape index (κ3) is 4.90. The van der Waals surface area contributed by atoms with Gasteiger partial charge in [0.1, 0.15) is 12.1 Å². The van der Waals surface area contributed by atoms with E-state index in [1.807, 2.05) is 49.4 Å². The van der Waals surface area contributed by atoms with Crippen LogP contribution in [-0.4, -0.2) is 35.8 Å². The second kappa shape index (κ2) is 9.07. The van der Waals surface area contributed by atoms with Gasteiger partial charge in [-0.15, -0.1) is 0 Å². The summed E-state index contributed by atoms with van der Waals surface area (Å²) < 4.78 is 0. The minimum absolute atomic E-state index is 0.0380. The largest absolute Gasteiger partial charge is 0.325 e. The number of nitriles is 1. The molecule has 172 valence electrons. The van der Waals surface area contributed by atoms with Gasteiger partial charge in [-0.05, 0) is 42.5 Å². The molecule has 0 saturated carbocycles. The van der Waals surface area contributed by atoms with Crippen molar-refractivity contribution in [3.63, 3.8) is 0 Å². The molecule has 0 aromatic heterocycles. The van der Waals surface area contributed by atoms with Crippen LogP contribution in [0.4, 0.5) is 10.5 Å². The van der Waals surface area contributed by atoms with Gasteiger partial charge in [0.25, 0.3) is 5.91 Å². The maximum Gasteiger partial charge on any atom is 0.325 e. The van der Waals surface area contributed by atoms with Crippen molar-refractivity contribution in [3.8, 4) is 6.07 Å². The van der Waals surface area contributed by atoms with Crippen LogP contribution in [0.5, 0.6) is 0 Å². The Bertz CT molecular complexity index is 1090. The molecule has 0 radical (unpaired) electrons. The molecule has 0 aliphatic carbocycles. The van der Waals surface area contributed by atoms with Crippen LogP contribution in [0.1, 0.15) is 50.8 Å². The van der Waals surface area contributed by atoms with Crippen molar-refractivity contribution in [2.75, 3.05) is 18.0 Å². The predicted molar refractivity (Wildman–Crippen MR) is 127 cm³/mol. The second-order valence-corrected chi connectivity index (χ2v) is 9.56. The summed E-state index contributed by atoms with van der Waals surface area (Å²) in [5.74, 6) is -0.904. The Morgan fingerprint density at radius 1 is 1.09 bits per heavy atom. The normalized spacial score (nSPS) is 18.1. The number of imide groups is 1. The third-order valence-corrected chi connectivity index (χ3v) is 5.99. The first-order valence-corrected chi connectivity index (χ1v) is 11.0. The third-order valence-electron chi connectivity index (χ3n) is 5.99. The average molecular weight is 447 g/mol. The highest BCUT2D eigenvalue weighted by molar-refractivity contribution is 6.10. The molecule has 0 bridgehead atoms. The van der Waals surface area contributed by atoms with Gasteiger partial charge < -0.3 is 10.2 Å². The summed E-state index contributed by atoms with van der Waals surface area (Å²) in [6.45, 7) is 9.67. The summed E-state index contributed by atoms with van der Waals surface area (Å²) in [7, 11) is 0. The Labute approximate surface area is 195 Å². The van der Waals surface area contributed by atoms with E-state index in [2.05, 4.69) is 26.1 Å². The van der Waals surface area contributed by atoms with Crippen LogP contribution in [0.25, 0.3) is 0 Å². The highest BCUT2D eigenvalue weighted by Gasteiger charge is 2.49. The van der Waals surface area contributed by atoms with Crippen molar-refractivity contribution in [2.45, 2.75) is 52.0 Å². The molecule has 0 spiro atoms. The molecule has 1 heterocycles. The molecule has 1 aliphatic rings. The first-order valence-electron chi connectivity index (χ1n) is 11.0. The van der Waals surface area contributed by atoms with Gasteiger partial charge in [-0.1, -0.05) is 62.7 Å². The monoisotopic (exact) mass is 446 g/mol. The summed E-state index contributed by atoms with van der Waals surface area (Å²) in [6.07, 6.45) is 0.137. The predicted octanol–water partition coefficient (Wildman–Crippen LogP) is 4.01. The molecule has 4 amide bonds. The van der Waals surface area contributed by atoms with Crippen LogP contribution < -0.4 is 10.2 Å². The summed E-state index contributed by atoms with van der Waals surface area (Å²) in [4.78, 5) is 41.5.